The van der Waals surface area contributed by atoms with Gasteiger partial charge in [0.15, 0.2) is 0 Å². The van der Waals surface area contributed by atoms with Crippen molar-refractivity contribution >= 4 is 23.5 Å². The SMILES string of the molecule is COC(=O)CCCCCSC1C(=O)CC(O)C1C=CC(O)C1CCCCC1. The van der Waals surface area contributed by atoms with Crippen molar-refractivity contribution in [2.45, 2.75) is 81.7 Å². The van der Waals surface area contributed by atoms with Crippen LogP contribution in [0, 0.1) is 11.8 Å². The predicted molar refractivity (Wildman–Crippen MR) is 108 cm³/mol. The topological polar surface area (TPSA) is 83.8 Å². The Hall–Kier alpha value is -0.850. The fourth-order valence-electron chi connectivity index (χ4n) is 4.04. The minimum Gasteiger partial charge on any atom is -0.469 e. The van der Waals surface area contributed by atoms with Crippen LogP contribution in [0.3, 0.4) is 0 Å². The van der Waals surface area contributed by atoms with E-state index in [-0.39, 0.29) is 29.3 Å². The lowest BCUT2D eigenvalue weighted by molar-refractivity contribution is -0.140. The molecule has 0 spiro atoms. The van der Waals surface area contributed by atoms with Crippen LogP contribution in [-0.4, -0.2) is 52.3 Å². The van der Waals surface area contributed by atoms with E-state index in [0.29, 0.717) is 12.3 Å². The van der Waals surface area contributed by atoms with Crippen molar-refractivity contribution < 1.29 is 24.5 Å². The number of ether oxygens (including phenoxy) is 1. The highest BCUT2D eigenvalue weighted by molar-refractivity contribution is 8.00. The lowest BCUT2D eigenvalue weighted by Gasteiger charge is -2.25. The third-order valence-corrected chi connectivity index (χ3v) is 7.20. The molecule has 2 rings (SSSR count). The van der Waals surface area contributed by atoms with E-state index < -0.39 is 12.2 Å². The summed E-state index contributed by atoms with van der Waals surface area (Å²) < 4.78 is 4.62. The molecule has 4 unspecified atom stereocenters. The Kier molecular flexibility index (Phi) is 9.87. The zero-order valence-corrected chi connectivity index (χ0v) is 17.2. The number of aliphatic hydroxyl groups excluding tert-OH is 2. The van der Waals surface area contributed by atoms with Gasteiger partial charge in [0.2, 0.25) is 0 Å². The van der Waals surface area contributed by atoms with Crippen LogP contribution in [0.25, 0.3) is 0 Å². The van der Waals surface area contributed by atoms with Crippen molar-refractivity contribution in [3.63, 3.8) is 0 Å². The number of hydrogen-bond acceptors (Lipinski definition) is 6. The molecule has 2 aliphatic carbocycles. The number of esters is 1. The molecule has 0 aromatic rings. The smallest absolute Gasteiger partial charge is 0.305 e. The van der Waals surface area contributed by atoms with Gasteiger partial charge in [-0.1, -0.05) is 37.8 Å². The second-order valence-electron chi connectivity index (χ2n) is 7.77. The van der Waals surface area contributed by atoms with Crippen molar-refractivity contribution in [1.82, 2.24) is 0 Å². The molecule has 0 saturated heterocycles. The highest BCUT2D eigenvalue weighted by Gasteiger charge is 2.40. The van der Waals surface area contributed by atoms with Crippen molar-refractivity contribution in [3.8, 4) is 0 Å². The maximum Gasteiger partial charge on any atom is 0.305 e. The number of thioether (sulfide) groups is 1. The molecule has 5 nitrogen and oxygen atoms in total. The lowest BCUT2D eigenvalue weighted by atomic mass is 9.85. The van der Waals surface area contributed by atoms with Crippen LogP contribution in [0.1, 0.15) is 64.2 Å². The fraction of sp³-hybridized carbons (Fsp3) is 0.810. The number of unbranched alkanes of at least 4 members (excludes halogenated alkanes) is 2. The van der Waals surface area contributed by atoms with Gasteiger partial charge in [-0.05, 0) is 37.4 Å². The van der Waals surface area contributed by atoms with E-state index in [1.54, 1.807) is 11.8 Å². The standard InChI is InChI=1S/C21H34O5S/c1-26-20(25)10-6-3-7-13-27-21-16(18(23)14-19(21)24)11-12-17(22)15-8-4-2-5-9-15/h11-12,15-18,21-23H,2-10,13-14H2,1H3. The predicted octanol–water partition coefficient (Wildman–Crippen LogP) is 3.27. The third kappa shape index (κ3) is 7.24. The third-order valence-electron chi connectivity index (χ3n) is 5.74. The monoisotopic (exact) mass is 398 g/mol. The quantitative estimate of drug-likeness (QED) is 0.334. The normalized spacial score (nSPS) is 28.0. The highest BCUT2D eigenvalue weighted by atomic mass is 32.2. The summed E-state index contributed by atoms with van der Waals surface area (Å²) in [6.45, 7) is 0. The minimum atomic E-state index is -0.649. The number of methoxy groups -OCH3 is 1. The minimum absolute atomic E-state index is 0.101. The molecule has 0 amide bonds. The maximum absolute atomic E-state index is 12.3. The summed E-state index contributed by atoms with van der Waals surface area (Å²) in [5.41, 5.74) is 0. The van der Waals surface area contributed by atoms with Crippen LogP contribution in [-0.2, 0) is 14.3 Å². The van der Waals surface area contributed by atoms with Gasteiger partial charge in [0.05, 0.1) is 24.6 Å². The first-order valence-electron chi connectivity index (χ1n) is 10.3. The Balaban J connectivity index is 1.77. The number of carbonyl (C=O) groups excluding carboxylic acids is 2. The molecule has 2 N–H and O–H groups in total. The van der Waals surface area contributed by atoms with Crippen molar-refractivity contribution in [2.75, 3.05) is 12.9 Å². The summed E-state index contributed by atoms with van der Waals surface area (Å²) in [6.07, 6.45) is 11.6. The maximum atomic E-state index is 12.3. The van der Waals surface area contributed by atoms with Crippen LogP contribution in [0.5, 0.6) is 0 Å². The lowest BCUT2D eigenvalue weighted by Crippen LogP contribution is -2.24. The summed E-state index contributed by atoms with van der Waals surface area (Å²) in [5, 5.41) is 20.5. The number of carbonyl (C=O) groups is 2. The van der Waals surface area contributed by atoms with Crippen LogP contribution >= 0.6 is 11.8 Å². The molecule has 0 aromatic carbocycles. The van der Waals surface area contributed by atoms with Gasteiger partial charge in [-0.15, -0.1) is 11.8 Å². The number of Topliss-reactive ketones (excluding diaryl/α,β-unsaturated/α-hetero) is 1. The summed E-state index contributed by atoms with van der Waals surface area (Å²) in [6, 6.07) is 0. The molecule has 6 heteroatoms. The molecule has 154 valence electrons. The summed E-state index contributed by atoms with van der Waals surface area (Å²) in [5.74, 6) is 0.850. The zero-order chi connectivity index (χ0) is 19.6. The van der Waals surface area contributed by atoms with Gasteiger partial charge in [-0.3, -0.25) is 9.59 Å². The molecular weight excluding hydrogens is 364 g/mol. The molecule has 2 saturated carbocycles. The zero-order valence-electron chi connectivity index (χ0n) is 16.3. The van der Waals surface area contributed by atoms with Gasteiger partial charge in [-0.2, -0.15) is 0 Å². The van der Waals surface area contributed by atoms with E-state index in [1.165, 1.54) is 26.4 Å². The van der Waals surface area contributed by atoms with Crippen molar-refractivity contribution in [3.05, 3.63) is 12.2 Å². The molecule has 2 aliphatic rings. The Morgan fingerprint density at radius 2 is 2.00 bits per heavy atom. The highest BCUT2D eigenvalue weighted by Crippen LogP contribution is 2.35. The Morgan fingerprint density at radius 1 is 1.26 bits per heavy atom. The van der Waals surface area contributed by atoms with Gasteiger partial charge < -0.3 is 14.9 Å². The average molecular weight is 399 g/mol. The van der Waals surface area contributed by atoms with Crippen LogP contribution in [0.4, 0.5) is 0 Å². The van der Waals surface area contributed by atoms with Crippen LogP contribution < -0.4 is 0 Å². The summed E-state index contributed by atoms with van der Waals surface area (Å²) in [7, 11) is 1.40. The fourth-order valence-corrected chi connectivity index (χ4v) is 5.44. The molecule has 0 heterocycles. The number of aliphatic hydroxyl groups is 2. The van der Waals surface area contributed by atoms with Crippen molar-refractivity contribution in [1.29, 1.82) is 0 Å². The van der Waals surface area contributed by atoms with Crippen LogP contribution in [0.2, 0.25) is 0 Å². The molecule has 0 aromatic heterocycles. The Labute approximate surface area is 166 Å². The molecule has 2 fully saturated rings. The first-order chi connectivity index (χ1) is 13.0. The number of ketones is 1. The molecule has 0 radical (unpaired) electrons. The average Bonchev–Trinajstić information content (AvgIpc) is 2.95. The van der Waals surface area contributed by atoms with Gasteiger partial charge in [0, 0.05) is 18.8 Å². The second kappa shape index (κ2) is 11.9. The number of hydrogen-bond donors (Lipinski definition) is 2. The van der Waals surface area contributed by atoms with Crippen LogP contribution in [0.15, 0.2) is 12.2 Å². The van der Waals surface area contributed by atoms with Crippen molar-refractivity contribution in [2.24, 2.45) is 11.8 Å². The van der Waals surface area contributed by atoms with Gasteiger partial charge in [0.25, 0.3) is 0 Å². The molecular formula is C21H34O5S. The van der Waals surface area contributed by atoms with E-state index in [1.807, 2.05) is 12.2 Å². The molecule has 27 heavy (non-hydrogen) atoms. The first kappa shape index (κ1) is 22.4. The first-order valence-corrected chi connectivity index (χ1v) is 11.3. The Morgan fingerprint density at radius 3 is 2.70 bits per heavy atom. The van der Waals surface area contributed by atoms with Gasteiger partial charge in [-0.25, -0.2) is 0 Å². The van der Waals surface area contributed by atoms with Gasteiger partial charge in [0.1, 0.15) is 5.78 Å². The molecule has 0 bridgehead atoms. The largest absolute Gasteiger partial charge is 0.469 e. The van der Waals surface area contributed by atoms with E-state index in [0.717, 1.165) is 37.9 Å². The molecule has 4 atom stereocenters. The van der Waals surface area contributed by atoms with E-state index in [9.17, 15) is 19.8 Å². The van der Waals surface area contributed by atoms with E-state index >= 15 is 0 Å². The Bertz CT molecular complexity index is 501. The second-order valence-corrected chi connectivity index (χ2v) is 9.02. The van der Waals surface area contributed by atoms with Gasteiger partial charge >= 0.3 is 5.97 Å². The number of rotatable bonds is 10. The van der Waals surface area contributed by atoms with E-state index in [2.05, 4.69) is 4.74 Å². The summed E-state index contributed by atoms with van der Waals surface area (Å²) >= 11 is 1.60. The molecule has 0 aliphatic heterocycles. The summed E-state index contributed by atoms with van der Waals surface area (Å²) in [4.78, 5) is 23.3. The van der Waals surface area contributed by atoms with E-state index in [4.69, 9.17) is 0 Å².